The molecule has 2 N–H and O–H groups in total. The average molecular weight is 519 g/mol. The molecule has 210 valence electrons. The Morgan fingerprint density at radius 1 is 1.05 bits per heavy atom. The van der Waals surface area contributed by atoms with Gasteiger partial charge in [0.15, 0.2) is 0 Å². The molecule has 0 aliphatic heterocycles. The zero-order chi connectivity index (χ0) is 29.1. The Bertz CT molecular complexity index is 1010. The molecule has 0 unspecified atom stereocenters. The summed E-state index contributed by atoms with van der Waals surface area (Å²) in [6.45, 7) is 20.1. The summed E-state index contributed by atoms with van der Waals surface area (Å²) in [6.07, 6.45) is 17.4. The van der Waals surface area contributed by atoms with Gasteiger partial charge in [0, 0.05) is 56.1 Å². The van der Waals surface area contributed by atoms with Crippen molar-refractivity contribution in [1.29, 1.82) is 0 Å². The molecule has 1 aliphatic rings. The molecule has 0 amide bonds. The molecule has 4 nitrogen and oxygen atoms in total. The molecule has 38 heavy (non-hydrogen) atoms. The van der Waals surface area contributed by atoms with E-state index >= 15 is 0 Å². The van der Waals surface area contributed by atoms with Crippen molar-refractivity contribution in [3.05, 3.63) is 89.8 Å². The quantitative estimate of drug-likeness (QED) is 0.262. The lowest BCUT2D eigenvalue weighted by Crippen LogP contribution is -2.40. The van der Waals surface area contributed by atoms with Crippen LogP contribution in [0.4, 0.5) is 0 Å². The third kappa shape index (κ3) is 12.0. The second-order valence-corrected chi connectivity index (χ2v) is 9.64. The van der Waals surface area contributed by atoms with Gasteiger partial charge in [-0.25, -0.2) is 0 Å². The third-order valence-electron chi connectivity index (χ3n) is 6.60. The lowest BCUT2D eigenvalue weighted by molar-refractivity contribution is 0.287. The van der Waals surface area contributed by atoms with Crippen molar-refractivity contribution in [2.45, 2.75) is 85.6 Å². The molecular weight excluding hydrogens is 464 g/mol. The van der Waals surface area contributed by atoms with Crippen LogP contribution in [0.25, 0.3) is 5.57 Å². The highest BCUT2D eigenvalue weighted by Crippen LogP contribution is 2.28. The van der Waals surface area contributed by atoms with E-state index < -0.39 is 0 Å². The standard InChI is InChI=1S/C24H31N3.C8H17N.C2H6/c1-9-20(16-25-6)24(11-3)19(5)26-18(4)22-13-12-14-23(15-22)21(10-2)17-27(7)8;1-2-8(9)6-4-3-5-7-8;1-2/h9-17H,2-3H2,1,4-8H3;2-7,9H2,1H3;1-2H3/b20-9+,21-17+,24-19+,25-16?,26-18?;;. The number of hydrogen-bond donors (Lipinski definition) is 1. The minimum Gasteiger partial charge on any atom is -0.383 e. The highest BCUT2D eigenvalue weighted by atomic mass is 15.0. The van der Waals surface area contributed by atoms with Crippen LogP contribution in [0.5, 0.6) is 0 Å². The largest absolute Gasteiger partial charge is 0.383 e. The van der Waals surface area contributed by atoms with E-state index in [0.29, 0.717) is 0 Å². The van der Waals surface area contributed by atoms with E-state index in [1.54, 1.807) is 7.05 Å². The van der Waals surface area contributed by atoms with E-state index in [0.717, 1.165) is 45.7 Å². The zero-order valence-electron chi connectivity index (χ0n) is 25.8. The van der Waals surface area contributed by atoms with Crippen molar-refractivity contribution in [2.24, 2.45) is 15.7 Å². The molecule has 0 radical (unpaired) electrons. The molecule has 1 aromatic carbocycles. The van der Waals surface area contributed by atoms with Crippen LogP contribution in [-0.2, 0) is 0 Å². The molecular formula is C34H54N4. The minimum absolute atomic E-state index is 0.220. The number of nitrogens with zero attached hydrogens (tertiary/aromatic N) is 3. The van der Waals surface area contributed by atoms with Crippen molar-refractivity contribution in [3.63, 3.8) is 0 Å². The molecule has 1 aliphatic carbocycles. The third-order valence-corrected chi connectivity index (χ3v) is 6.60. The summed E-state index contributed by atoms with van der Waals surface area (Å²) in [5.74, 6) is 0. The Hall–Kier alpha value is -2.98. The molecule has 1 aromatic rings. The fourth-order valence-corrected chi connectivity index (χ4v) is 4.35. The maximum atomic E-state index is 6.06. The number of aliphatic imine (C=N–C) groups is 2. The van der Waals surface area contributed by atoms with Crippen LogP contribution in [0.3, 0.4) is 0 Å². The average Bonchev–Trinajstić information content (AvgIpc) is 2.93. The van der Waals surface area contributed by atoms with Crippen LogP contribution < -0.4 is 5.73 Å². The van der Waals surface area contributed by atoms with Crippen molar-refractivity contribution in [2.75, 3.05) is 21.1 Å². The molecule has 0 saturated heterocycles. The molecule has 0 aromatic heterocycles. The fourth-order valence-electron chi connectivity index (χ4n) is 4.35. The Kier molecular flexibility index (Phi) is 17.6. The number of hydrogen-bond acceptors (Lipinski definition) is 4. The predicted molar refractivity (Wildman–Crippen MR) is 173 cm³/mol. The van der Waals surface area contributed by atoms with E-state index in [1.807, 2.05) is 84.1 Å². The molecule has 0 atom stereocenters. The van der Waals surface area contributed by atoms with Gasteiger partial charge in [0.05, 0.1) is 0 Å². The normalized spacial score (nSPS) is 16.4. The van der Waals surface area contributed by atoms with Gasteiger partial charge in [-0.1, -0.05) is 89.6 Å². The van der Waals surface area contributed by atoms with Crippen LogP contribution in [-0.4, -0.2) is 43.5 Å². The second-order valence-electron chi connectivity index (χ2n) is 9.64. The van der Waals surface area contributed by atoms with Gasteiger partial charge in [0.1, 0.15) is 0 Å². The summed E-state index contributed by atoms with van der Waals surface area (Å²) in [4.78, 5) is 11.0. The summed E-state index contributed by atoms with van der Waals surface area (Å²) in [5, 5.41) is 0. The fraction of sp³-hybridized carbons (Fsp3) is 0.471. The van der Waals surface area contributed by atoms with Gasteiger partial charge in [-0.3, -0.25) is 9.98 Å². The Balaban J connectivity index is 0.00000103. The number of rotatable bonds is 9. The maximum absolute atomic E-state index is 6.06. The van der Waals surface area contributed by atoms with Gasteiger partial charge in [0.2, 0.25) is 0 Å². The van der Waals surface area contributed by atoms with Crippen molar-refractivity contribution in [1.82, 2.24) is 4.90 Å². The molecule has 1 saturated carbocycles. The highest BCUT2D eigenvalue weighted by Gasteiger charge is 2.24. The summed E-state index contributed by atoms with van der Waals surface area (Å²) >= 11 is 0. The topological polar surface area (TPSA) is 54.0 Å². The summed E-state index contributed by atoms with van der Waals surface area (Å²) in [7, 11) is 5.77. The van der Waals surface area contributed by atoms with Crippen molar-refractivity contribution in [3.8, 4) is 0 Å². The van der Waals surface area contributed by atoms with Crippen LogP contribution in [0.2, 0.25) is 0 Å². The molecule has 0 heterocycles. The van der Waals surface area contributed by atoms with E-state index in [4.69, 9.17) is 10.7 Å². The number of benzene rings is 1. The van der Waals surface area contributed by atoms with Crippen LogP contribution in [0.15, 0.2) is 88.7 Å². The van der Waals surface area contributed by atoms with E-state index in [1.165, 1.54) is 32.1 Å². The minimum atomic E-state index is 0.220. The smallest absolute Gasteiger partial charge is 0.0454 e. The van der Waals surface area contributed by atoms with E-state index in [2.05, 4.69) is 49.5 Å². The molecule has 4 heteroatoms. The Morgan fingerprint density at radius 3 is 2.11 bits per heavy atom. The summed E-state index contributed by atoms with van der Waals surface area (Å²) < 4.78 is 0. The first kappa shape index (κ1) is 35.0. The molecule has 0 bridgehead atoms. The molecule has 0 spiro atoms. The monoisotopic (exact) mass is 518 g/mol. The van der Waals surface area contributed by atoms with Crippen LogP contribution in [0.1, 0.15) is 91.2 Å². The lowest BCUT2D eigenvalue weighted by Gasteiger charge is -2.32. The van der Waals surface area contributed by atoms with Crippen molar-refractivity contribution >= 4 is 17.5 Å². The first-order valence-electron chi connectivity index (χ1n) is 14.0. The summed E-state index contributed by atoms with van der Waals surface area (Å²) in [5.41, 5.74) is 13.4. The number of allylic oxidation sites excluding steroid dienone is 7. The Labute approximate surface area is 234 Å². The highest BCUT2D eigenvalue weighted by molar-refractivity contribution is 6.00. The van der Waals surface area contributed by atoms with Crippen LogP contribution in [0, 0.1) is 0 Å². The first-order chi connectivity index (χ1) is 18.1. The van der Waals surface area contributed by atoms with E-state index in [-0.39, 0.29) is 5.54 Å². The SMILES string of the molecule is C=C/C(=C\N(C)C)c1cccc(C(C)=N/C(C)=C(C=C)/C(C=NC)=C/C)c1.CC.CCC1(N)CCCCC1. The molecule has 2 rings (SSSR count). The van der Waals surface area contributed by atoms with Gasteiger partial charge in [0.25, 0.3) is 0 Å². The van der Waals surface area contributed by atoms with Gasteiger partial charge in [-0.05, 0) is 68.4 Å². The molecule has 1 fully saturated rings. The van der Waals surface area contributed by atoms with Gasteiger partial charge < -0.3 is 10.6 Å². The van der Waals surface area contributed by atoms with Gasteiger partial charge in [-0.15, -0.1) is 0 Å². The van der Waals surface area contributed by atoms with E-state index in [9.17, 15) is 0 Å². The first-order valence-corrected chi connectivity index (χ1v) is 14.0. The lowest BCUT2D eigenvalue weighted by atomic mass is 9.81. The number of nitrogens with two attached hydrogens (primary N) is 1. The second kappa shape index (κ2) is 19.1. The Morgan fingerprint density at radius 2 is 1.66 bits per heavy atom. The summed E-state index contributed by atoms with van der Waals surface area (Å²) in [6, 6.07) is 8.34. The van der Waals surface area contributed by atoms with Crippen molar-refractivity contribution < 1.29 is 0 Å². The van der Waals surface area contributed by atoms with Gasteiger partial charge >= 0.3 is 0 Å². The maximum Gasteiger partial charge on any atom is 0.0454 e. The predicted octanol–water partition coefficient (Wildman–Crippen LogP) is 8.78. The van der Waals surface area contributed by atoms with Crippen LogP contribution >= 0.6 is 0 Å². The van der Waals surface area contributed by atoms with Gasteiger partial charge in [-0.2, -0.15) is 0 Å². The zero-order valence-corrected chi connectivity index (χ0v) is 25.8.